The number of aromatic nitrogens is 1. The lowest BCUT2D eigenvalue weighted by Crippen LogP contribution is -2.39. The van der Waals surface area contributed by atoms with Crippen LogP contribution in [-0.4, -0.2) is 43.5 Å². The number of carbonyl (C=O) groups is 1. The van der Waals surface area contributed by atoms with Crippen molar-refractivity contribution in [3.05, 3.63) is 114 Å². The predicted octanol–water partition coefficient (Wildman–Crippen LogP) is 7.33. The highest BCUT2D eigenvalue weighted by Crippen LogP contribution is 2.35. The first-order valence-electron chi connectivity index (χ1n) is 14.8. The molecular weight excluding hydrogens is 600 g/mol. The minimum atomic E-state index is -4.98. The minimum absolute atomic E-state index is 0.0812. The van der Waals surface area contributed by atoms with Crippen LogP contribution in [-0.2, 0) is 0 Å². The van der Waals surface area contributed by atoms with Crippen LogP contribution in [0.15, 0.2) is 91.0 Å². The van der Waals surface area contributed by atoms with E-state index in [0.29, 0.717) is 28.1 Å². The second-order valence-corrected chi connectivity index (χ2v) is 11.3. The van der Waals surface area contributed by atoms with Crippen molar-refractivity contribution in [2.45, 2.75) is 31.3 Å². The Hall–Kier alpha value is -5.03. The summed E-state index contributed by atoms with van der Waals surface area (Å²) >= 11 is 0. The van der Waals surface area contributed by atoms with Gasteiger partial charge in [-0.3, -0.25) is 4.79 Å². The molecule has 1 aliphatic heterocycles. The van der Waals surface area contributed by atoms with E-state index in [2.05, 4.69) is 19.9 Å². The summed E-state index contributed by atoms with van der Waals surface area (Å²) in [5, 5.41) is 3.74. The molecule has 238 valence electrons. The Morgan fingerprint density at radius 2 is 1.70 bits per heavy atom. The number of methoxy groups -OCH3 is 1. The van der Waals surface area contributed by atoms with Crippen LogP contribution in [0.3, 0.4) is 0 Å². The van der Waals surface area contributed by atoms with E-state index in [0.717, 1.165) is 48.6 Å². The number of benzene rings is 4. The average Bonchev–Trinajstić information content (AvgIpc) is 3.47. The number of nitrogens with two attached hydrogens (primary N) is 1. The maximum absolute atomic E-state index is 14.5. The average molecular weight is 633 g/mol. The van der Waals surface area contributed by atoms with Crippen LogP contribution in [0.1, 0.15) is 40.5 Å². The van der Waals surface area contributed by atoms with Gasteiger partial charge in [0.25, 0.3) is 5.91 Å². The molecule has 4 aromatic carbocycles. The summed E-state index contributed by atoms with van der Waals surface area (Å²) in [6.45, 7) is 1.63. The molecular formula is C35H32F4N4O3. The van der Waals surface area contributed by atoms with Crippen molar-refractivity contribution in [3.8, 4) is 22.6 Å². The Labute approximate surface area is 262 Å². The molecule has 5 aromatic rings. The zero-order valence-corrected chi connectivity index (χ0v) is 24.9. The van der Waals surface area contributed by atoms with E-state index >= 15 is 0 Å². The third-order valence-electron chi connectivity index (χ3n) is 8.15. The highest BCUT2D eigenvalue weighted by molar-refractivity contribution is 5.97. The number of nitrogens with one attached hydrogen (secondary N) is 2. The molecule has 1 aliphatic rings. The van der Waals surface area contributed by atoms with Gasteiger partial charge in [0.2, 0.25) is 0 Å². The summed E-state index contributed by atoms with van der Waals surface area (Å²) in [5.41, 5.74) is 9.50. The molecule has 7 nitrogen and oxygen atoms in total. The number of aromatic amines is 1. The lowest BCUT2D eigenvalue weighted by Gasteiger charge is -2.32. The normalized spacial score (nSPS) is 14.7. The van der Waals surface area contributed by atoms with Gasteiger partial charge in [-0.05, 0) is 90.0 Å². The summed E-state index contributed by atoms with van der Waals surface area (Å²) in [5.74, 6) is -1.49. The quantitative estimate of drug-likeness (QED) is 0.156. The maximum atomic E-state index is 14.5. The summed E-state index contributed by atoms with van der Waals surface area (Å²) < 4.78 is 64.4. The Morgan fingerprint density at radius 1 is 0.957 bits per heavy atom. The molecule has 4 N–H and O–H groups in total. The third kappa shape index (κ3) is 6.94. The zero-order chi connectivity index (χ0) is 32.4. The predicted molar refractivity (Wildman–Crippen MR) is 169 cm³/mol. The summed E-state index contributed by atoms with van der Waals surface area (Å²) in [6, 6.07) is 23.6. The van der Waals surface area contributed by atoms with E-state index in [9.17, 15) is 22.4 Å². The standard InChI is InChI=1S/C35H32F4N4O3/c1-45-32-11-8-25(36)20-29(32)33(31-19-22-4-2-3-5-30(22)41-31)42-34(44)24-16-23(17-28(18-24)46-35(37,38)39)21-6-9-27(10-7-21)43-14-12-26(40)13-15-43/h2-11,16-20,26,33,41H,12-15,40H2,1H3,(H,42,44)/t33-/m1/s1. The van der Waals surface area contributed by atoms with Gasteiger partial charge in [0, 0.05) is 47.2 Å². The van der Waals surface area contributed by atoms with Crippen molar-refractivity contribution in [2.24, 2.45) is 5.73 Å². The summed E-state index contributed by atoms with van der Waals surface area (Å²) in [4.78, 5) is 19.3. The van der Waals surface area contributed by atoms with Gasteiger partial charge in [-0.15, -0.1) is 13.2 Å². The van der Waals surface area contributed by atoms with Gasteiger partial charge in [-0.1, -0.05) is 30.3 Å². The lowest BCUT2D eigenvalue weighted by molar-refractivity contribution is -0.274. The number of nitrogens with zero attached hydrogens (tertiary/aromatic N) is 1. The zero-order valence-electron chi connectivity index (χ0n) is 24.9. The fourth-order valence-corrected chi connectivity index (χ4v) is 5.83. The van der Waals surface area contributed by atoms with Crippen LogP contribution in [0.2, 0.25) is 0 Å². The summed E-state index contributed by atoms with van der Waals surface area (Å²) in [7, 11) is 1.43. The number of alkyl halides is 3. The number of H-pyrrole nitrogens is 1. The monoisotopic (exact) mass is 632 g/mol. The van der Waals surface area contributed by atoms with Crippen molar-refractivity contribution >= 4 is 22.5 Å². The second kappa shape index (κ2) is 12.8. The molecule has 2 heterocycles. The Bertz CT molecular complexity index is 1810. The number of halogens is 4. The van der Waals surface area contributed by atoms with Gasteiger partial charge < -0.3 is 30.4 Å². The SMILES string of the molecule is COc1ccc(F)cc1[C@@H](NC(=O)c1cc(OC(F)(F)F)cc(-c2ccc(N3CCC(N)CC3)cc2)c1)c1cc2ccccc2[nH]1. The van der Waals surface area contributed by atoms with Crippen molar-refractivity contribution in [3.63, 3.8) is 0 Å². The first-order chi connectivity index (χ1) is 22.1. The van der Waals surface area contributed by atoms with Crippen LogP contribution in [0.25, 0.3) is 22.0 Å². The van der Waals surface area contributed by atoms with E-state index in [1.807, 2.05) is 42.5 Å². The van der Waals surface area contributed by atoms with E-state index in [1.54, 1.807) is 12.1 Å². The fourth-order valence-electron chi connectivity index (χ4n) is 5.83. The Morgan fingerprint density at radius 3 is 2.39 bits per heavy atom. The van der Waals surface area contributed by atoms with E-state index in [4.69, 9.17) is 10.5 Å². The molecule has 0 unspecified atom stereocenters. The van der Waals surface area contributed by atoms with Gasteiger partial charge in [0.05, 0.1) is 13.2 Å². The largest absolute Gasteiger partial charge is 0.573 e. The van der Waals surface area contributed by atoms with Crippen molar-refractivity contribution in [1.82, 2.24) is 10.3 Å². The minimum Gasteiger partial charge on any atom is -0.496 e. The molecule has 0 spiro atoms. The molecule has 1 atom stereocenters. The van der Waals surface area contributed by atoms with E-state index in [1.165, 1.54) is 37.4 Å². The molecule has 1 saturated heterocycles. The number of carbonyl (C=O) groups excluding carboxylic acids is 1. The number of hydrogen-bond donors (Lipinski definition) is 3. The smallest absolute Gasteiger partial charge is 0.496 e. The summed E-state index contributed by atoms with van der Waals surface area (Å²) in [6.07, 6.45) is -3.23. The number of anilines is 1. The molecule has 11 heteroatoms. The number of para-hydroxylation sites is 1. The van der Waals surface area contributed by atoms with Crippen molar-refractivity contribution in [2.75, 3.05) is 25.1 Å². The number of ether oxygens (including phenoxy) is 2. The van der Waals surface area contributed by atoms with Crippen LogP contribution in [0.5, 0.6) is 11.5 Å². The van der Waals surface area contributed by atoms with Crippen LogP contribution < -0.4 is 25.4 Å². The third-order valence-corrected chi connectivity index (χ3v) is 8.15. The number of hydrogen-bond acceptors (Lipinski definition) is 5. The van der Waals surface area contributed by atoms with Gasteiger partial charge in [-0.2, -0.15) is 0 Å². The van der Waals surface area contributed by atoms with Crippen molar-refractivity contribution < 1.29 is 31.8 Å². The molecule has 1 aromatic heterocycles. The number of fused-ring (bicyclic) bond motifs is 1. The number of rotatable bonds is 8. The number of amides is 1. The Balaban J connectivity index is 1.37. The Kier molecular flexibility index (Phi) is 8.59. The molecule has 0 bridgehead atoms. The second-order valence-electron chi connectivity index (χ2n) is 11.3. The molecule has 1 amide bonds. The van der Waals surface area contributed by atoms with Crippen LogP contribution >= 0.6 is 0 Å². The highest BCUT2D eigenvalue weighted by Gasteiger charge is 2.32. The highest BCUT2D eigenvalue weighted by atomic mass is 19.4. The molecule has 1 fully saturated rings. The van der Waals surface area contributed by atoms with Crippen LogP contribution in [0, 0.1) is 5.82 Å². The lowest BCUT2D eigenvalue weighted by atomic mass is 9.99. The van der Waals surface area contributed by atoms with Gasteiger partial charge in [0.1, 0.15) is 17.3 Å². The van der Waals surface area contributed by atoms with Crippen molar-refractivity contribution in [1.29, 1.82) is 0 Å². The first kappa shape index (κ1) is 31.0. The first-order valence-corrected chi connectivity index (χ1v) is 14.8. The fraction of sp³-hybridized carbons (Fsp3) is 0.229. The van der Waals surface area contributed by atoms with Gasteiger partial charge >= 0.3 is 6.36 Å². The molecule has 0 aliphatic carbocycles. The van der Waals surface area contributed by atoms with Gasteiger partial charge in [-0.25, -0.2) is 4.39 Å². The molecule has 0 saturated carbocycles. The maximum Gasteiger partial charge on any atom is 0.573 e. The topological polar surface area (TPSA) is 92.6 Å². The molecule has 6 rings (SSSR count). The molecule has 0 radical (unpaired) electrons. The van der Waals surface area contributed by atoms with E-state index < -0.39 is 29.9 Å². The number of piperidine rings is 1. The molecule has 46 heavy (non-hydrogen) atoms. The van der Waals surface area contributed by atoms with Gasteiger partial charge in [0.15, 0.2) is 0 Å². The van der Waals surface area contributed by atoms with Crippen LogP contribution in [0.4, 0.5) is 23.2 Å². The van der Waals surface area contributed by atoms with E-state index in [-0.39, 0.29) is 11.6 Å².